The van der Waals surface area contributed by atoms with Crippen molar-refractivity contribution in [3.63, 3.8) is 0 Å². The molecule has 0 unspecified atom stereocenters. The van der Waals surface area contributed by atoms with Crippen LogP contribution >= 0.6 is 43.5 Å². The topological polar surface area (TPSA) is 80.9 Å². The molecule has 0 aliphatic carbocycles. The Balaban J connectivity index is 2.25. The molecule has 8 heteroatoms. The number of hydrogen-bond acceptors (Lipinski definition) is 4. The van der Waals surface area contributed by atoms with Crippen LogP contribution in [0.2, 0.25) is 5.02 Å². The fourth-order valence-corrected chi connectivity index (χ4v) is 2.51. The van der Waals surface area contributed by atoms with Gasteiger partial charge in [0.15, 0.2) is 5.82 Å². The van der Waals surface area contributed by atoms with E-state index in [9.17, 15) is 4.79 Å². The largest absolute Gasteiger partial charge is 0.399 e. The van der Waals surface area contributed by atoms with Gasteiger partial charge in [0, 0.05) is 16.3 Å². The molecule has 1 heterocycles. The highest BCUT2D eigenvalue weighted by Crippen LogP contribution is 2.21. The van der Waals surface area contributed by atoms with Gasteiger partial charge in [-0.05, 0) is 50.1 Å². The van der Waals surface area contributed by atoms with Crippen molar-refractivity contribution in [1.29, 1.82) is 0 Å². The van der Waals surface area contributed by atoms with Gasteiger partial charge in [-0.15, -0.1) is 0 Å². The van der Waals surface area contributed by atoms with Crippen molar-refractivity contribution in [2.45, 2.75) is 0 Å². The molecule has 0 atom stereocenters. The molecule has 0 radical (unpaired) electrons. The van der Waals surface area contributed by atoms with Gasteiger partial charge in [-0.25, -0.2) is 9.97 Å². The van der Waals surface area contributed by atoms with Gasteiger partial charge in [0.2, 0.25) is 0 Å². The maximum Gasteiger partial charge on any atom is 0.257 e. The molecule has 1 aromatic heterocycles. The lowest BCUT2D eigenvalue weighted by Crippen LogP contribution is -2.14. The Bertz CT molecular complexity index is 630. The molecule has 3 N–H and O–H groups in total. The third-order valence-electron chi connectivity index (χ3n) is 2.11. The van der Waals surface area contributed by atoms with E-state index in [1.807, 2.05) is 0 Å². The highest BCUT2D eigenvalue weighted by molar-refractivity contribution is 9.11. The van der Waals surface area contributed by atoms with Crippen LogP contribution in [0.5, 0.6) is 0 Å². The lowest BCUT2D eigenvalue weighted by Gasteiger charge is -2.07. The van der Waals surface area contributed by atoms with Crippen LogP contribution in [0.3, 0.4) is 0 Å². The first-order valence-electron chi connectivity index (χ1n) is 5.01. The molecule has 0 saturated heterocycles. The van der Waals surface area contributed by atoms with Crippen molar-refractivity contribution in [2.24, 2.45) is 0 Å². The molecule has 0 fully saturated rings. The maximum absolute atomic E-state index is 12.0. The minimum atomic E-state index is -0.369. The van der Waals surface area contributed by atoms with E-state index < -0.39 is 0 Å². The molecule has 0 spiro atoms. The fourth-order valence-electron chi connectivity index (χ4n) is 1.35. The van der Waals surface area contributed by atoms with Crippen molar-refractivity contribution >= 4 is 60.9 Å². The number of anilines is 2. The van der Waals surface area contributed by atoms with Crippen LogP contribution in [0.4, 0.5) is 11.5 Å². The predicted molar refractivity (Wildman–Crippen MR) is 81.2 cm³/mol. The quantitative estimate of drug-likeness (QED) is 0.748. The molecule has 2 rings (SSSR count). The molecule has 0 aliphatic heterocycles. The summed E-state index contributed by atoms with van der Waals surface area (Å²) in [4.78, 5) is 20.1. The van der Waals surface area contributed by atoms with Crippen LogP contribution in [0.25, 0.3) is 0 Å². The predicted octanol–water partition coefficient (Wildman–Crippen LogP) is 3.49. The first-order valence-corrected chi connectivity index (χ1v) is 6.97. The number of rotatable bonds is 2. The number of carbonyl (C=O) groups excluding carboxylic acids is 1. The summed E-state index contributed by atoms with van der Waals surface area (Å²) in [7, 11) is 0. The summed E-state index contributed by atoms with van der Waals surface area (Å²) in [6, 6.07) is 4.61. The van der Waals surface area contributed by atoms with E-state index in [-0.39, 0.29) is 5.91 Å². The monoisotopic (exact) mass is 404 g/mol. The Hall–Kier alpha value is -1.18. The second kappa shape index (κ2) is 5.85. The first kappa shape index (κ1) is 14.2. The zero-order valence-corrected chi connectivity index (χ0v) is 13.3. The highest BCUT2D eigenvalue weighted by atomic mass is 79.9. The van der Waals surface area contributed by atoms with Crippen LogP contribution in [0, 0.1) is 0 Å². The number of amides is 1. The molecule has 1 amide bonds. The van der Waals surface area contributed by atoms with Crippen molar-refractivity contribution in [1.82, 2.24) is 9.97 Å². The second-order valence-corrected chi connectivity index (χ2v) is 5.56. The Kier molecular flexibility index (Phi) is 4.38. The zero-order valence-electron chi connectivity index (χ0n) is 9.32. The normalized spacial score (nSPS) is 10.3. The van der Waals surface area contributed by atoms with E-state index in [1.54, 1.807) is 6.07 Å². The molecule has 98 valence electrons. The van der Waals surface area contributed by atoms with Gasteiger partial charge in [0.1, 0.15) is 9.21 Å². The van der Waals surface area contributed by atoms with Gasteiger partial charge in [0.25, 0.3) is 5.91 Å². The van der Waals surface area contributed by atoms with Crippen LogP contribution in [-0.4, -0.2) is 15.9 Å². The van der Waals surface area contributed by atoms with Crippen LogP contribution in [0.15, 0.2) is 33.6 Å². The number of halogens is 3. The van der Waals surface area contributed by atoms with Gasteiger partial charge in [-0.1, -0.05) is 11.6 Å². The summed E-state index contributed by atoms with van der Waals surface area (Å²) in [5.41, 5.74) is 6.40. The first-order chi connectivity index (χ1) is 8.95. The second-order valence-electron chi connectivity index (χ2n) is 3.56. The Labute approximate surface area is 130 Å². The third kappa shape index (κ3) is 3.65. The Morgan fingerprint density at radius 1 is 1.32 bits per heavy atom. The molecule has 0 bridgehead atoms. The van der Waals surface area contributed by atoms with Crippen molar-refractivity contribution in [2.75, 3.05) is 11.1 Å². The number of nitrogens with two attached hydrogens (primary N) is 1. The molecule has 5 nitrogen and oxygen atoms in total. The lowest BCUT2D eigenvalue weighted by molar-refractivity contribution is 0.102. The molecule has 1 aromatic carbocycles. The molecule has 0 aliphatic rings. The highest BCUT2D eigenvalue weighted by Gasteiger charge is 2.11. The minimum Gasteiger partial charge on any atom is -0.399 e. The van der Waals surface area contributed by atoms with Gasteiger partial charge < -0.3 is 11.1 Å². The van der Waals surface area contributed by atoms with E-state index in [2.05, 4.69) is 47.1 Å². The fraction of sp³-hybridized carbons (Fsp3) is 0. The average molecular weight is 406 g/mol. The summed E-state index contributed by atoms with van der Waals surface area (Å²) in [5, 5.41) is 3.01. The Morgan fingerprint density at radius 3 is 2.68 bits per heavy atom. The third-order valence-corrected chi connectivity index (χ3v) is 3.27. The van der Waals surface area contributed by atoms with Gasteiger partial charge in [-0.2, -0.15) is 0 Å². The number of hydrogen-bond donors (Lipinski definition) is 2. The summed E-state index contributed by atoms with van der Waals surface area (Å²) in [6.07, 6.45) is 1.48. The van der Waals surface area contributed by atoms with E-state index >= 15 is 0 Å². The number of nitrogen functional groups attached to an aromatic ring is 1. The summed E-state index contributed by atoms with van der Waals surface area (Å²) in [5.74, 6) is -0.0572. The molecular formula is C11H7Br2ClN4O. The van der Waals surface area contributed by atoms with E-state index in [1.165, 1.54) is 18.3 Å². The van der Waals surface area contributed by atoms with Gasteiger partial charge >= 0.3 is 0 Å². The van der Waals surface area contributed by atoms with Crippen LogP contribution < -0.4 is 11.1 Å². The summed E-state index contributed by atoms with van der Waals surface area (Å²) < 4.78 is 0.981. The van der Waals surface area contributed by atoms with Gasteiger partial charge in [0.05, 0.1) is 6.20 Å². The van der Waals surface area contributed by atoms with Crippen molar-refractivity contribution < 1.29 is 4.79 Å². The Morgan fingerprint density at radius 2 is 2.05 bits per heavy atom. The van der Waals surface area contributed by atoms with E-state index in [4.69, 9.17) is 17.3 Å². The van der Waals surface area contributed by atoms with Crippen molar-refractivity contribution in [3.8, 4) is 0 Å². The molecule has 0 saturated carbocycles. The summed E-state index contributed by atoms with van der Waals surface area (Å²) >= 11 is 12.2. The lowest BCUT2D eigenvalue weighted by atomic mass is 10.2. The number of nitrogens with zero attached hydrogens (tertiary/aromatic N) is 2. The van der Waals surface area contributed by atoms with E-state index in [0.717, 1.165) is 0 Å². The van der Waals surface area contributed by atoms with Gasteiger partial charge in [-0.3, -0.25) is 4.79 Å². The average Bonchev–Trinajstić information content (AvgIpc) is 2.31. The van der Waals surface area contributed by atoms with Crippen molar-refractivity contribution in [3.05, 3.63) is 44.2 Å². The number of aromatic nitrogens is 2. The van der Waals surface area contributed by atoms with E-state index in [0.29, 0.717) is 31.3 Å². The SMILES string of the molecule is Nc1cc(Cl)cc(C(=O)Nc2ncc(Br)nc2Br)c1. The molecule has 2 aromatic rings. The zero-order chi connectivity index (χ0) is 14.0. The number of benzene rings is 1. The molecular weight excluding hydrogens is 399 g/mol. The van der Waals surface area contributed by atoms with Crippen LogP contribution in [-0.2, 0) is 0 Å². The number of carbonyl (C=O) groups is 1. The smallest absolute Gasteiger partial charge is 0.257 e. The maximum atomic E-state index is 12.0. The van der Waals surface area contributed by atoms with Crippen LogP contribution in [0.1, 0.15) is 10.4 Å². The number of nitrogens with one attached hydrogen (secondary N) is 1. The molecule has 19 heavy (non-hydrogen) atoms. The standard InChI is InChI=1S/C11H7Br2ClN4O/c12-8-4-16-10(9(13)17-8)18-11(19)5-1-6(14)3-7(15)2-5/h1-4H,15H2,(H,16,18,19). The minimum absolute atomic E-state index is 0.312. The summed E-state index contributed by atoms with van der Waals surface area (Å²) in [6.45, 7) is 0.